The Morgan fingerprint density at radius 2 is 1.63 bits per heavy atom. The van der Waals surface area contributed by atoms with Gasteiger partial charge in [0.05, 0.1) is 66.9 Å². The first-order chi connectivity index (χ1) is 31.8. The van der Waals surface area contributed by atoms with Gasteiger partial charge in [-0.05, 0) is 47.9 Å². The van der Waals surface area contributed by atoms with Crippen LogP contribution in [0, 0.1) is 5.92 Å². The van der Waals surface area contributed by atoms with Crippen LogP contribution in [0.4, 0.5) is 19.0 Å². The zero-order chi connectivity index (χ0) is 48.0. The number of phenolic OH excluding ortho intramolecular Hbond substituents is 1. The Morgan fingerprint density at radius 3 is 2.28 bits per heavy atom. The lowest BCUT2D eigenvalue weighted by atomic mass is 9.53. The Bertz CT molecular complexity index is 3300. The molecular formula is C44H36BrCl2F3N8O9. The third-order valence-electron chi connectivity index (χ3n) is 12.7. The first-order valence-corrected chi connectivity index (χ1v) is 21.8. The minimum absolute atomic E-state index is 0.00976. The van der Waals surface area contributed by atoms with Gasteiger partial charge >= 0.3 is 17.6 Å². The molecule has 0 radical (unpaired) electrons. The van der Waals surface area contributed by atoms with Crippen molar-refractivity contribution in [2.45, 2.75) is 49.5 Å². The number of pyridine rings is 1. The van der Waals surface area contributed by atoms with Gasteiger partial charge in [-0.3, -0.25) is 19.8 Å². The fraction of sp³-hybridized carbons (Fsp3) is 0.295. The average molecular weight is 1030 g/mol. The highest BCUT2D eigenvalue weighted by Gasteiger charge is 2.69. The lowest BCUT2D eigenvalue weighted by Gasteiger charge is -2.49. The number of benzene rings is 3. The average Bonchev–Trinajstić information content (AvgIpc) is 3.67. The molecule has 4 unspecified atom stereocenters. The minimum Gasteiger partial charge on any atom is -0.504 e. The third kappa shape index (κ3) is 7.07. The van der Waals surface area contributed by atoms with Crippen LogP contribution in [0.15, 0.2) is 91.3 Å². The van der Waals surface area contributed by atoms with Crippen LogP contribution in [0.25, 0.3) is 11.0 Å². The number of hydrazine groups is 1. The van der Waals surface area contributed by atoms with E-state index < -0.39 is 80.4 Å². The van der Waals surface area contributed by atoms with Crippen molar-refractivity contribution < 1.29 is 42.1 Å². The standard InChI is InChI=1S/C44H36BrCl2F3N8O9/c1-54-31-18-33(66-3)32(65-2)17-29(31)52-28(39(54)61)10-11-55-41(63)56-12-9-24-30(58(56)42(55)64)16-26-38(60)57(53-37-27(47)13-21(19-51-37)44(48,49)50)40(62)43(26,20-5-7-23(46)8-6-20)35(24)25-14-22(45)15-34(67-4)36(25)59/h5-9,13-15,17-19,26,30,35,59H,10-12,16H2,1-4H3,(H,51,53). The number of carbonyl (C=O) groups excluding carboxylic acids is 2. The fourth-order valence-electron chi connectivity index (χ4n) is 9.69. The lowest BCUT2D eigenvalue weighted by Crippen LogP contribution is -2.53. The Hall–Kier alpha value is -6.58. The molecule has 2 N–H and O–H groups in total. The number of aromatic hydroxyl groups is 1. The van der Waals surface area contributed by atoms with Crippen LogP contribution in [0.1, 0.15) is 40.8 Å². The van der Waals surface area contributed by atoms with Crippen molar-refractivity contribution in [3.05, 3.63) is 141 Å². The van der Waals surface area contributed by atoms with Crippen molar-refractivity contribution in [3.8, 4) is 23.0 Å². The van der Waals surface area contributed by atoms with Gasteiger partial charge in [0.15, 0.2) is 28.8 Å². The number of hydrogen-bond donors (Lipinski definition) is 2. The van der Waals surface area contributed by atoms with E-state index in [1.165, 1.54) is 53.5 Å². The fourth-order valence-corrected chi connectivity index (χ4v) is 10.5. The van der Waals surface area contributed by atoms with Crippen LogP contribution in [0.3, 0.4) is 0 Å². The Kier molecular flexibility index (Phi) is 11.3. The van der Waals surface area contributed by atoms with Gasteiger partial charge in [0, 0.05) is 59.3 Å². The summed E-state index contributed by atoms with van der Waals surface area (Å²) < 4.78 is 62.3. The molecule has 2 aliphatic heterocycles. The number of carbonyl (C=O) groups is 2. The molecule has 3 aliphatic rings. The minimum atomic E-state index is -4.81. The largest absolute Gasteiger partial charge is 0.504 e. The van der Waals surface area contributed by atoms with Gasteiger partial charge in [-0.2, -0.15) is 18.2 Å². The van der Waals surface area contributed by atoms with E-state index in [1.807, 2.05) is 0 Å². The predicted octanol–water partition coefficient (Wildman–Crippen LogP) is 6.13. The van der Waals surface area contributed by atoms with E-state index in [9.17, 15) is 32.7 Å². The molecule has 2 amide bonds. The van der Waals surface area contributed by atoms with Crippen LogP contribution in [-0.2, 0) is 47.7 Å². The molecule has 23 heteroatoms. The number of rotatable bonds is 10. The van der Waals surface area contributed by atoms with Gasteiger partial charge in [0.2, 0.25) is 0 Å². The zero-order valence-corrected chi connectivity index (χ0v) is 38.6. The molecule has 3 aromatic carbocycles. The molecule has 0 bridgehead atoms. The molecule has 348 valence electrons. The SMILES string of the molecule is COc1cc2nc(CCn3c(=O)n4n(c3=O)C3CC5C(=O)N(Nc6ncc(C(F)(F)F)cc6Cl)C(=O)C5(c5ccc(Cl)cc5)C(c5cc(Br)cc(OC)c5O)C3=CC4)c(=O)n(C)c2cc1OC. The van der Waals surface area contributed by atoms with Gasteiger partial charge in [0.1, 0.15) is 5.69 Å². The maximum atomic E-state index is 15.5. The van der Waals surface area contributed by atoms with E-state index >= 15 is 9.59 Å². The van der Waals surface area contributed by atoms with Gasteiger partial charge in [-0.25, -0.2) is 33.5 Å². The van der Waals surface area contributed by atoms with E-state index in [2.05, 4.69) is 31.3 Å². The highest BCUT2D eigenvalue weighted by Crippen LogP contribution is 2.63. The molecule has 17 nitrogen and oxygen atoms in total. The summed E-state index contributed by atoms with van der Waals surface area (Å²) in [7, 11) is 5.78. The summed E-state index contributed by atoms with van der Waals surface area (Å²) in [4.78, 5) is 81.6. The summed E-state index contributed by atoms with van der Waals surface area (Å²) in [6.07, 6.45) is -3.08. The Balaban J connectivity index is 1.19. The van der Waals surface area contributed by atoms with E-state index in [1.54, 1.807) is 43.5 Å². The summed E-state index contributed by atoms with van der Waals surface area (Å²) in [5, 5.41) is 12.3. The van der Waals surface area contributed by atoms with Gasteiger partial charge in [0.25, 0.3) is 17.4 Å². The number of halogens is 6. The molecule has 1 saturated heterocycles. The molecule has 67 heavy (non-hydrogen) atoms. The smallest absolute Gasteiger partial charge is 0.417 e. The molecule has 6 aromatic rings. The molecule has 1 aliphatic carbocycles. The number of nitrogens with zero attached hydrogens (tertiary/aromatic N) is 7. The van der Waals surface area contributed by atoms with Crippen molar-refractivity contribution in [2.75, 3.05) is 26.8 Å². The molecule has 0 spiro atoms. The maximum absolute atomic E-state index is 15.5. The number of phenols is 1. The lowest BCUT2D eigenvalue weighted by molar-refractivity contribution is -0.139. The van der Waals surface area contributed by atoms with Crippen molar-refractivity contribution in [1.82, 2.24) is 33.5 Å². The van der Waals surface area contributed by atoms with Gasteiger partial charge in [-0.15, -0.1) is 0 Å². The van der Waals surface area contributed by atoms with E-state index in [4.69, 9.17) is 37.4 Å². The van der Waals surface area contributed by atoms with E-state index in [-0.39, 0.29) is 53.5 Å². The zero-order valence-electron chi connectivity index (χ0n) is 35.5. The number of ether oxygens (including phenoxy) is 3. The topological polar surface area (TPSA) is 194 Å². The number of imide groups is 1. The summed E-state index contributed by atoms with van der Waals surface area (Å²) in [5.74, 6) is -4.62. The summed E-state index contributed by atoms with van der Waals surface area (Å²) in [6.45, 7) is -0.488. The maximum Gasteiger partial charge on any atom is 0.417 e. The molecule has 3 aromatic heterocycles. The normalized spacial score (nSPS) is 20.1. The molecular weight excluding hydrogens is 992 g/mol. The Morgan fingerprint density at radius 1 is 0.940 bits per heavy atom. The number of alkyl halides is 3. The van der Waals surface area contributed by atoms with Crippen LogP contribution in [0.2, 0.25) is 10.0 Å². The van der Waals surface area contributed by atoms with Crippen LogP contribution in [0.5, 0.6) is 23.0 Å². The van der Waals surface area contributed by atoms with E-state index in [0.29, 0.717) is 49.9 Å². The van der Waals surface area contributed by atoms with Crippen molar-refractivity contribution in [2.24, 2.45) is 13.0 Å². The molecule has 1 saturated carbocycles. The molecule has 4 atom stereocenters. The van der Waals surface area contributed by atoms with Crippen molar-refractivity contribution in [1.29, 1.82) is 0 Å². The summed E-state index contributed by atoms with van der Waals surface area (Å²) >= 11 is 16.1. The van der Waals surface area contributed by atoms with E-state index in [0.717, 1.165) is 4.57 Å². The quantitative estimate of drug-likeness (QED) is 0.118. The molecule has 2 fully saturated rings. The number of amides is 2. The second-order valence-electron chi connectivity index (χ2n) is 16.0. The first-order valence-electron chi connectivity index (χ1n) is 20.3. The first kappa shape index (κ1) is 45.6. The van der Waals surface area contributed by atoms with Crippen molar-refractivity contribution >= 4 is 67.8 Å². The summed E-state index contributed by atoms with van der Waals surface area (Å²) in [5.41, 5.74) is -0.987. The third-order valence-corrected chi connectivity index (χ3v) is 13.7. The van der Waals surface area contributed by atoms with Gasteiger partial charge < -0.3 is 23.9 Å². The highest BCUT2D eigenvalue weighted by molar-refractivity contribution is 9.10. The monoisotopic (exact) mass is 1030 g/mol. The number of allylic oxidation sites excluding steroid dienone is 2. The van der Waals surface area contributed by atoms with Crippen LogP contribution in [-0.4, -0.2) is 71.7 Å². The van der Waals surface area contributed by atoms with Crippen LogP contribution >= 0.6 is 39.1 Å². The number of methoxy groups -OCH3 is 3. The van der Waals surface area contributed by atoms with Crippen molar-refractivity contribution in [3.63, 3.8) is 0 Å². The number of hydrogen-bond acceptors (Lipinski definition) is 12. The Labute approximate surface area is 394 Å². The number of anilines is 1. The number of aromatic nitrogens is 6. The van der Waals surface area contributed by atoms with Gasteiger partial charge in [-0.1, -0.05) is 57.3 Å². The highest BCUT2D eigenvalue weighted by atomic mass is 79.9. The summed E-state index contributed by atoms with van der Waals surface area (Å²) in [6, 6.07) is 11.8. The second-order valence-corrected chi connectivity index (χ2v) is 17.8. The molecule has 9 rings (SSSR count). The molecule has 5 heterocycles. The van der Waals surface area contributed by atoms with Crippen LogP contribution < -0.4 is 36.6 Å². The second kappa shape index (κ2) is 16.6. The number of nitrogens with one attached hydrogen (secondary N) is 1. The number of aryl methyl sites for hydroxylation is 2. The predicted molar refractivity (Wildman–Crippen MR) is 240 cm³/mol. The number of fused-ring (bicyclic) bond motifs is 5.